The highest BCUT2D eigenvalue weighted by molar-refractivity contribution is 6.04. The van der Waals surface area contributed by atoms with E-state index in [4.69, 9.17) is 0 Å². The minimum atomic E-state index is -0.544. The molecule has 0 radical (unpaired) electrons. The van der Waals surface area contributed by atoms with Crippen LogP contribution < -0.4 is 5.32 Å². The van der Waals surface area contributed by atoms with Crippen molar-refractivity contribution in [3.63, 3.8) is 0 Å². The quantitative estimate of drug-likeness (QED) is 0.411. The zero-order chi connectivity index (χ0) is 20.7. The first-order chi connectivity index (χ1) is 14.6. The summed E-state index contributed by atoms with van der Waals surface area (Å²) in [6.07, 6.45) is 1.77. The summed E-state index contributed by atoms with van der Waals surface area (Å²) in [5.74, 6) is -0.382. The molecule has 1 aliphatic heterocycles. The fourth-order valence-corrected chi connectivity index (χ4v) is 3.30. The molecule has 1 N–H and O–H groups in total. The van der Waals surface area contributed by atoms with Gasteiger partial charge in [-0.05, 0) is 42.8 Å². The van der Waals surface area contributed by atoms with Crippen LogP contribution in [0.5, 0.6) is 0 Å². The van der Waals surface area contributed by atoms with E-state index in [1.165, 1.54) is 0 Å². The molecule has 0 atom stereocenters. The van der Waals surface area contributed by atoms with Crippen LogP contribution in [0.1, 0.15) is 18.2 Å². The minimum absolute atomic E-state index is 0.102. The molecule has 3 amide bonds. The number of rotatable bonds is 4. The van der Waals surface area contributed by atoms with E-state index in [0.717, 1.165) is 21.5 Å². The second-order valence-electron chi connectivity index (χ2n) is 6.91. The van der Waals surface area contributed by atoms with Gasteiger partial charge in [-0.15, -0.1) is 5.10 Å². The largest absolute Gasteiger partial charge is 0.345 e. The van der Waals surface area contributed by atoms with Crippen molar-refractivity contribution in [2.75, 3.05) is 6.54 Å². The standard InChI is InChI=1S/C20H16N8O2/c1-12(25-28-11-18(29)23-20(28)30)15-6-7-17-19(22-15)27(26-24-17)10-13-4-5-16-14(9-13)3-2-8-21-16/h2-9H,10-11H2,1H3,(H,23,29,30)/b25-12+. The van der Waals surface area contributed by atoms with Crippen LogP contribution >= 0.6 is 0 Å². The molecular formula is C20H16N8O2. The minimum Gasteiger partial charge on any atom is -0.275 e. The van der Waals surface area contributed by atoms with Gasteiger partial charge in [0, 0.05) is 11.6 Å². The van der Waals surface area contributed by atoms with Gasteiger partial charge >= 0.3 is 6.03 Å². The molecular weight excluding hydrogens is 384 g/mol. The molecule has 1 saturated heterocycles. The highest BCUT2D eigenvalue weighted by atomic mass is 16.2. The summed E-state index contributed by atoms with van der Waals surface area (Å²) < 4.78 is 1.72. The smallest absolute Gasteiger partial charge is 0.275 e. The SMILES string of the molecule is C/C(=N\N1CC(=O)NC1=O)c1ccc2nnn(Cc3ccc4ncccc4c3)c2n1. The Morgan fingerprint density at radius 3 is 2.87 bits per heavy atom. The van der Waals surface area contributed by atoms with Crippen molar-refractivity contribution in [2.24, 2.45) is 5.10 Å². The maximum atomic E-state index is 11.7. The van der Waals surface area contributed by atoms with Gasteiger partial charge in [0.15, 0.2) is 5.65 Å². The zero-order valence-electron chi connectivity index (χ0n) is 16.0. The number of urea groups is 1. The molecule has 10 nitrogen and oxygen atoms in total. The number of hydrogen-bond acceptors (Lipinski definition) is 7. The van der Waals surface area contributed by atoms with Gasteiger partial charge in [-0.1, -0.05) is 17.3 Å². The molecule has 1 fully saturated rings. The molecule has 148 valence electrons. The molecule has 0 bridgehead atoms. The third-order valence-corrected chi connectivity index (χ3v) is 4.77. The first kappa shape index (κ1) is 17.9. The lowest BCUT2D eigenvalue weighted by atomic mass is 10.1. The lowest BCUT2D eigenvalue weighted by molar-refractivity contribution is -0.118. The number of hydrogen-bond donors (Lipinski definition) is 1. The summed E-state index contributed by atoms with van der Waals surface area (Å²) in [5, 5.41) is 16.9. The van der Waals surface area contributed by atoms with Gasteiger partial charge in [0.25, 0.3) is 0 Å². The lowest BCUT2D eigenvalue weighted by Crippen LogP contribution is -2.25. The van der Waals surface area contributed by atoms with Crippen molar-refractivity contribution in [1.29, 1.82) is 0 Å². The van der Waals surface area contributed by atoms with Crippen molar-refractivity contribution in [1.82, 2.24) is 35.3 Å². The number of imide groups is 1. The number of pyridine rings is 2. The predicted octanol–water partition coefficient (Wildman–Crippen LogP) is 1.70. The Hall–Kier alpha value is -4.21. The Labute approximate surface area is 170 Å². The summed E-state index contributed by atoms with van der Waals surface area (Å²) in [6, 6.07) is 13.0. The van der Waals surface area contributed by atoms with E-state index in [9.17, 15) is 9.59 Å². The van der Waals surface area contributed by atoms with Crippen molar-refractivity contribution in [3.05, 3.63) is 59.9 Å². The van der Waals surface area contributed by atoms with Gasteiger partial charge in [0.1, 0.15) is 12.1 Å². The van der Waals surface area contributed by atoms with Crippen LogP contribution in [0.2, 0.25) is 0 Å². The van der Waals surface area contributed by atoms with E-state index in [0.29, 0.717) is 29.1 Å². The van der Waals surface area contributed by atoms with Crippen LogP contribution in [-0.4, -0.2) is 54.2 Å². The number of fused-ring (bicyclic) bond motifs is 2. The van der Waals surface area contributed by atoms with Crippen LogP contribution in [0, 0.1) is 0 Å². The normalized spacial score (nSPS) is 14.7. The number of nitrogens with zero attached hydrogens (tertiary/aromatic N) is 7. The fourth-order valence-electron chi connectivity index (χ4n) is 3.30. The average molecular weight is 400 g/mol. The third kappa shape index (κ3) is 3.24. The monoisotopic (exact) mass is 400 g/mol. The number of hydrazone groups is 1. The molecule has 1 aromatic carbocycles. The van der Waals surface area contributed by atoms with E-state index >= 15 is 0 Å². The van der Waals surface area contributed by atoms with Crippen molar-refractivity contribution >= 4 is 39.7 Å². The number of carbonyl (C=O) groups is 2. The van der Waals surface area contributed by atoms with E-state index in [1.807, 2.05) is 24.3 Å². The summed E-state index contributed by atoms with van der Waals surface area (Å²) >= 11 is 0. The van der Waals surface area contributed by atoms with Gasteiger partial charge in [0.05, 0.1) is 23.5 Å². The number of aromatic nitrogens is 5. The molecule has 10 heteroatoms. The van der Waals surface area contributed by atoms with Gasteiger partial charge in [-0.3, -0.25) is 15.1 Å². The molecule has 4 heterocycles. The maximum Gasteiger partial charge on any atom is 0.345 e. The first-order valence-electron chi connectivity index (χ1n) is 9.28. The van der Waals surface area contributed by atoms with Gasteiger partial charge in [-0.25, -0.2) is 19.5 Å². The van der Waals surface area contributed by atoms with Crippen molar-refractivity contribution < 1.29 is 9.59 Å². The van der Waals surface area contributed by atoms with E-state index in [2.05, 4.69) is 36.8 Å². The molecule has 0 saturated carbocycles. The Morgan fingerprint density at radius 1 is 1.17 bits per heavy atom. The van der Waals surface area contributed by atoms with Crippen LogP contribution in [-0.2, 0) is 11.3 Å². The molecule has 0 unspecified atom stereocenters. The third-order valence-electron chi connectivity index (χ3n) is 4.77. The van der Waals surface area contributed by atoms with Crippen LogP contribution in [0.15, 0.2) is 53.8 Å². The molecule has 0 spiro atoms. The highest BCUT2D eigenvalue weighted by Gasteiger charge is 2.26. The van der Waals surface area contributed by atoms with Crippen LogP contribution in [0.25, 0.3) is 22.1 Å². The van der Waals surface area contributed by atoms with Crippen LogP contribution in [0.4, 0.5) is 4.79 Å². The highest BCUT2D eigenvalue weighted by Crippen LogP contribution is 2.17. The maximum absolute atomic E-state index is 11.7. The number of nitrogens with one attached hydrogen (secondary N) is 1. The van der Waals surface area contributed by atoms with Gasteiger partial charge in [-0.2, -0.15) is 5.10 Å². The second kappa shape index (κ2) is 6.99. The summed E-state index contributed by atoms with van der Waals surface area (Å²) in [4.78, 5) is 32.0. The summed E-state index contributed by atoms with van der Waals surface area (Å²) in [5.41, 5.74) is 4.32. The van der Waals surface area contributed by atoms with Gasteiger partial charge in [0.2, 0.25) is 5.91 Å². The van der Waals surface area contributed by atoms with Crippen LogP contribution in [0.3, 0.4) is 0 Å². The molecule has 4 aromatic rings. The van der Waals surface area contributed by atoms with Crippen molar-refractivity contribution in [3.8, 4) is 0 Å². The van der Waals surface area contributed by atoms with E-state index < -0.39 is 6.03 Å². The predicted molar refractivity (Wildman–Crippen MR) is 109 cm³/mol. The fraction of sp³-hybridized carbons (Fsp3) is 0.150. The topological polar surface area (TPSA) is 118 Å². The summed E-state index contributed by atoms with van der Waals surface area (Å²) in [6.45, 7) is 2.13. The molecule has 1 aliphatic rings. The Kier molecular flexibility index (Phi) is 4.16. The Balaban J connectivity index is 1.46. The van der Waals surface area contributed by atoms with Crippen molar-refractivity contribution in [2.45, 2.75) is 13.5 Å². The number of benzene rings is 1. The number of amides is 3. The Bertz CT molecular complexity index is 1340. The Morgan fingerprint density at radius 2 is 2.03 bits per heavy atom. The van der Waals surface area contributed by atoms with E-state index in [1.54, 1.807) is 29.9 Å². The first-order valence-corrected chi connectivity index (χ1v) is 9.28. The zero-order valence-corrected chi connectivity index (χ0v) is 16.0. The molecule has 3 aromatic heterocycles. The van der Waals surface area contributed by atoms with E-state index in [-0.39, 0.29) is 12.5 Å². The average Bonchev–Trinajstić information content (AvgIpc) is 3.29. The lowest BCUT2D eigenvalue weighted by Gasteiger charge is -2.08. The number of carbonyl (C=O) groups excluding carboxylic acids is 2. The molecule has 5 rings (SSSR count). The molecule has 30 heavy (non-hydrogen) atoms. The summed E-state index contributed by atoms with van der Waals surface area (Å²) in [7, 11) is 0. The van der Waals surface area contributed by atoms with Gasteiger partial charge < -0.3 is 0 Å². The molecule has 0 aliphatic carbocycles. The second-order valence-corrected chi connectivity index (χ2v) is 6.91.